The van der Waals surface area contributed by atoms with Crippen LogP contribution in [0.2, 0.25) is 0 Å². The molecule has 2 N–H and O–H groups in total. The fraction of sp³-hybridized carbons (Fsp3) is 0.522. The van der Waals surface area contributed by atoms with Crippen LogP contribution in [-0.2, 0) is 24.3 Å². The van der Waals surface area contributed by atoms with E-state index in [4.69, 9.17) is 9.47 Å². The third-order valence-corrected chi connectivity index (χ3v) is 8.16. The Hall–Kier alpha value is -3.53. The second-order valence-corrected chi connectivity index (χ2v) is 11.5. The van der Waals surface area contributed by atoms with Crippen molar-refractivity contribution in [2.75, 3.05) is 35.9 Å². The molecular weight excluding hydrogens is 547 g/mol. The SMILES string of the molecule is CC(=O)NCC1CN(S(=O)(=O)c2cnn(C3COC3)c2C)c2cc(NC(=O)OC(C)(C)C(F)(F)F)ccc2O1. The van der Waals surface area contributed by atoms with E-state index in [1.165, 1.54) is 31.3 Å². The first-order valence-corrected chi connectivity index (χ1v) is 13.3. The Kier molecular flexibility index (Phi) is 7.46. The maximum Gasteiger partial charge on any atom is 0.427 e. The van der Waals surface area contributed by atoms with Gasteiger partial charge >= 0.3 is 12.3 Å². The molecule has 0 aliphatic carbocycles. The third-order valence-electron chi connectivity index (χ3n) is 6.28. The summed E-state index contributed by atoms with van der Waals surface area (Å²) in [6.07, 6.45) is -5.72. The van der Waals surface area contributed by atoms with E-state index < -0.39 is 34.0 Å². The van der Waals surface area contributed by atoms with E-state index >= 15 is 0 Å². The molecule has 0 bridgehead atoms. The molecule has 2 aromatic rings. The highest BCUT2D eigenvalue weighted by Crippen LogP contribution is 2.40. The van der Waals surface area contributed by atoms with E-state index in [0.717, 1.165) is 4.31 Å². The van der Waals surface area contributed by atoms with Crippen molar-refractivity contribution in [3.8, 4) is 5.75 Å². The zero-order valence-electron chi connectivity index (χ0n) is 21.5. The van der Waals surface area contributed by atoms with Gasteiger partial charge in [0.15, 0.2) is 0 Å². The van der Waals surface area contributed by atoms with Crippen LogP contribution in [0.5, 0.6) is 5.75 Å². The first-order valence-electron chi connectivity index (χ1n) is 11.9. The van der Waals surface area contributed by atoms with Crippen molar-refractivity contribution in [3.05, 3.63) is 30.1 Å². The number of anilines is 2. The van der Waals surface area contributed by atoms with E-state index in [-0.39, 0.29) is 47.1 Å². The summed E-state index contributed by atoms with van der Waals surface area (Å²) in [7, 11) is -4.24. The zero-order chi connectivity index (χ0) is 28.8. The van der Waals surface area contributed by atoms with Crippen molar-refractivity contribution in [2.45, 2.75) is 56.5 Å². The normalized spacial score (nSPS) is 18.0. The van der Waals surface area contributed by atoms with Gasteiger partial charge in [-0.1, -0.05) is 0 Å². The monoisotopic (exact) mass is 575 g/mol. The molecule has 1 saturated heterocycles. The van der Waals surface area contributed by atoms with Crippen molar-refractivity contribution in [2.24, 2.45) is 0 Å². The number of amides is 2. The molecule has 2 aliphatic heterocycles. The second-order valence-electron chi connectivity index (χ2n) is 9.65. The zero-order valence-corrected chi connectivity index (χ0v) is 22.4. The Labute approximate surface area is 222 Å². The topological polar surface area (TPSA) is 141 Å². The number of carbonyl (C=O) groups excluding carboxylic acids is 2. The van der Waals surface area contributed by atoms with Gasteiger partial charge in [0, 0.05) is 12.6 Å². The highest BCUT2D eigenvalue weighted by atomic mass is 32.2. The molecule has 0 radical (unpaired) electrons. The fourth-order valence-corrected chi connectivity index (χ4v) is 5.58. The van der Waals surface area contributed by atoms with E-state index in [1.54, 1.807) is 11.6 Å². The summed E-state index contributed by atoms with van der Waals surface area (Å²) in [6.45, 7) is 4.94. The lowest BCUT2D eigenvalue weighted by Crippen LogP contribution is -2.48. The largest absolute Gasteiger partial charge is 0.484 e. The maximum absolute atomic E-state index is 13.9. The van der Waals surface area contributed by atoms with Crippen molar-refractivity contribution < 1.29 is 45.4 Å². The van der Waals surface area contributed by atoms with E-state index in [2.05, 4.69) is 20.5 Å². The van der Waals surface area contributed by atoms with Gasteiger partial charge in [-0.25, -0.2) is 13.2 Å². The number of benzene rings is 1. The van der Waals surface area contributed by atoms with Crippen LogP contribution in [0.25, 0.3) is 0 Å². The third kappa shape index (κ3) is 5.75. The molecule has 0 saturated carbocycles. The lowest BCUT2D eigenvalue weighted by molar-refractivity contribution is -0.242. The van der Waals surface area contributed by atoms with Crippen LogP contribution in [0.3, 0.4) is 0 Å². The summed E-state index contributed by atoms with van der Waals surface area (Å²) in [5, 5.41) is 9.02. The average molecular weight is 576 g/mol. The van der Waals surface area contributed by atoms with E-state index in [9.17, 15) is 31.2 Å². The van der Waals surface area contributed by atoms with Gasteiger partial charge in [-0.2, -0.15) is 18.3 Å². The highest BCUT2D eigenvalue weighted by Gasteiger charge is 2.51. The highest BCUT2D eigenvalue weighted by molar-refractivity contribution is 7.92. The number of fused-ring (bicyclic) bond motifs is 1. The number of aromatic nitrogens is 2. The first-order chi connectivity index (χ1) is 18.1. The predicted octanol–water partition coefficient (Wildman–Crippen LogP) is 2.74. The first kappa shape index (κ1) is 28.5. The summed E-state index contributed by atoms with van der Waals surface area (Å²) in [6, 6.07) is 3.85. The summed E-state index contributed by atoms with van der Waals surface area (Å²) < 4.78 is 85.4. The number of rotatable bonds is 7. The fourth-order valence-electron chi connectivity index (χ4n) is 3.93. The quantitative estimate of drug-likeness (QED) is 0.514. The molecule has 3 heterocycles. The minimum absolute atomic E-state index is 0.0112. The number of hydrogen-bond acceptors (Lipinski definition) is 8. The van der Waals surface area contributed by atoms with Crippen LogP contribution in [0.1, 0.15) is 32.5 Å². The summed E-state index contributed by atoms with van der Waals surface area (Å²) >= 11 is 0. The van der Waals surface area contributed by atoms with Gasteiger partial charge in [0.05, 0.1) is 49.9 Å². The molecule has 16 heteroatoms. The average Bonchev–Trinajstić information content (AvgIpc) is 3.16. The maximum atomic E-state index is 13.9. The molecule has 1 atom stereocenters. The lowest BCUT2D eigenvalue weighted by Gasteiger charge is -2.36. The van der Waals surface area contributed by atoms with Gasteiger partial charge in [-0.05, 0) is 39.0 Å². The van der Waals surface area contributed by atoms with Crippen molar-refractivity contribution >= 4 is 33.4 Å². The molecule has 1 fully saturated rings. The van der Waals surface area contributed by atoms with Gasteiger partial charge in [0.25, 0.3) is 10.0 Å². The molecule has 214 valence electrons. The molecule has 4 rings (SSSR count). The van der Waals surface area contributed by atoms with Crippen LogP contribution in [0.15, 0.2) is 29.3 Å². The van der Waals surface area contributed by atoms with Gasteiger partial charge in [0.2, 0.25) is 11.5 Å². The van der Waals surface area contributed by atoms with Crippen LogP contribution < -0.4 is 19.7 Å². The number of nitrogens with zero attached hydrogens (tertiary/aromatic N) is 3. The molecule has 39 heavy (non-hydrogen) atoms. The number of ether oxygens (including phenoxy) is 3. The number of halogens is 3. The Bertz CT molecular complexity index is 1370. The molecular formula is C23H28F3N5O7S. The summed E-state index contributed by atoms with van der Waals surface area (Å²) in [5.74, 6) is -0.217. The minimum Gasteiger partial charge on any atom is -0.484 e. The Balaban J connectivity index is 1.66. The van der Waals surface area contributed by atoms with Crippen LogP contribution in [0.4, 0.5) is 29.3 Å². The van der Waals surface area contributed by atoms with E-state index in [0.29, 0.717) is 32.8 Å². The molecule has 12 nitrogen and oxygen atoms in total. The second kappa shape index (κ2) is 10.2. The minimum atomic E-state index is -4.81. The standard InChI is InChI=1S/C23H28F3N5O7S/c1-13-20(9-28-31(13)16-11-36-12-16)39(34,35)30-10-17(8-27-14(2)32)37-19-6-5-15(7-18(19)30)29-21(33)38-22(3,4)23(24,25)26/h5-7,9,16-17H,8,10-12H2,1-4H3,(H,27,32)(H,29,33). The van der Waals surface area contributed by atoms with Gasteiger partial charge < -0.3 is 19.5 Å². The molecule has 1 unspecified atom stereocenters. The Morgan fingerprint density at radius 3 is 2.51 bits per heavy atom. The van der Waals surface area contributed by atoms with Crippen LogP contribution in [-0.4, -0.2) is 74.4 Å². The van der Waals surface area contributed by atoms with Crippen LogP contribution in [0, 0.1) is 6.92 Å². The number of nitrogens with one attached hydrogen (secondary N) is 2. The lowest BCUT2D eigenvalue weighted by atomic mass is 10.1. The number of sulfonamides is 1. The summed E-state index contributed by atoms with van der Waals surface area (Å²) in [4.78, 5) is 23.6. The van der Waals surface area contributed by atoms with Crippen molar-refractivity contribution in [1.82, 2.24) is 15.1 Å². The van der Waals surface area contributed by atoms with E-state index in [1.807, 2.05) is 0 Å². The Morgan fingerprint density at radius 2 is 1.92 bits per heavy atom. The molecule has 2 amide bonds. The van der Waals surface area contributed by atoms with Gasteiger partial charge in [-0.3, -0.25) is 19.1 Å². The number of hydrogen-bond donors (Lipinski definition) is 2. The molecule has 0 spiro atoms. The number of carbonyl (C=O) groups is 2. The van der Waals surface area contributed by atoms with Gasteiger partial charge in [-0.15, -0.1) is 0 Å². The Morgan fingerprint density at radius 1 is 1.23 bits per heavy atom. The van der Waals surface area contributed by atoms with Gasteiger partial charge in [0.1, 0.15) is 16.7 Å². The van der Waals surface area contributed by atoms with Crippen molar-refractivity contribution in [3.63, 3.8) is 0 Å². The molecule has 1 aromatic heterocycles. The van der Waals surface area contributed by atoms with Crippen molar-refractivity contribution in [1.29, 1.82) is 0 Å². The van der Waals surface area contributed by atoms with Crippen LogP contribution >= 0.6 is 0 Å². The number of alkyl halides is 3. The summed E-state index contributed by atoms with van der Waals surface area (Å²) in [5.41, 5.74) is -2.37. The molecule has 1 aromatic carbocycles. The molecule has 2 aliphatic rings. The predicted molar refractivity (Wildman–Crippen MR) is 131 cm³/mol. The smallest absolute Gasteiger partial charge is 0.427 e.